The number of aliphatic carboxylic acids is 1. The lowest BCUT2D eigenvalue weighted by Gasteiger charge is -2.24. The number of carbonyl (C=O) groups is 4. The number of carbonyl (C=O) groups excluding carboxylic acids is 3. The van der Waals surface area contributed by atoms with Crippen molar-refractivity contribution in [3.63, 3.8) is 0 Å². The van der Waals surface area contributed by atoms with Crippen LogP contribution in [0.3, 0.4) is 0 Å². The predicted molar refractivity (Wildman–Crippen MR) is 120 cm³/mol. The van der Waals surface area contributed by atoms with Crippen molar-refractivity contribution in [2.24, 2.45) is 0 Å². The van der Waals surface area contributed by atoms with Gasteiger partial charge in [0.1, 0.15) is 0 Å². The minimum atomic E-state index is -5.08. The SMILES string of the molecule is CCOC(=O)CC(C(=O)OCC)n1ccc(C=C2CNCCC2SC(C)=O)n1.O=C(O)C(F)(F)F. The summed E-state index contributed by atoms with van der Waals surface area (Å²) in [5.74, 6) is -3.76. The van der Waals surface area contributed by atoms with Gasteiger partial charge in [0, 0.05) is 24.9 Å². The molecule has 0 aromatic carbocycles. The number of hydrogen-bond donors (Lipinski definition) is 2. The first-order valence-corrected chi connectivity index (χ1v) is 11.5. The van der Waals surface area contributed by atoms with Crippen molar-refractivity contribution in [3.8, 4) is 0 Å². The fourth-order valence-electron chi connectivity index (χ4n) is 2.94. The zero-order valence-electron chi connectivity index (χ0n) is 19.5. The van der Waals surface area contributed by atoms with Crippen LogP contribution in [0.1, 0.15) is 45.3 Å². The van der Waals surface area contributed by atoms with Crippen LogP contribution in [-0.2, 0) is 28.7 Å². The molecule has 2 N–H and O–H groups in total. The van der Waals surface area contributed by atoms with Crippen molar-refractivity contribution in [2.45, 2.75) is 51.1 Å². The largest absolute Gasteiger partial charge is 0.490 e. The molecule has 35 heavy (non-hydrogen) atoms. The third kappa shape index (κ3) is 10.9. The quantitative estimate of drug-likeness (QED) is 0.489. The summed E-state index contributed by atoms with van der Waals surface area (Å²) in [5.41, 5.74) is 1.74. The molecule has 14 heteroatoms. The number of nitrogens with one attached hydrogen (secondary N) is 1. The number of hydrogen-bond acceptors (Lipinski definition) is 9. The summed E-state index contributed by atoms with van der Waals surface area (Å²) >= 11 is 1.32. The van der Waals surface area contributed by atoms with Gasteiger partial charge in [0.05, 0.1) is 25.3 Å². The molecule has 1 aromatic rings. The number of rotatable bonds is 8. The summed E-state index contributed by atoms with van der Waals surface area (Å²) in [6.45, 7) is 6.99. The molecule has 2 rings (SSSR count). The van der Waals surface area contributed by atoms with Crippen LogP contribution in [-0.4, -0.2) is 75.6 Å². The van der Waals surface area contributed by atoms with Gasteiger partial charge in [0.15, 0.2) is 11.2 Å². The molecule has 1 aliphatic rings. The Kier molecular flexibility index (Phi) is 12.5. The van der Waals surface area contributed by atoms with Gasteiger partial charge in [-0.25, -0.2) is 9.59 Å². The van der Waals surface area contributed by atoms with E-state index in [1.54, 1.807) is 33.0 Å². The summed E-state index contributed by atoms with van der Waals surface area (Å²) in [4.78, 5) is 44.6. The van der Waals surface area contributed by atoms with Crippen LogP contribution in [0.2, 0.25) is 0 Å². The van der Waals surface area contributed by atoms with Crippen molar-refractivity contribution in [1.29, 1.82) is 0 Å². The fraction of sp³-hybridized carbons (Fsp3) is 0.571. The molecule has 1 saturated heterocycles. The number of thioether (sulfide) groups is 1. The average Bonchev–Trinajstić information content (AvgIpc) is 3.21. The van der Waals surface area contributed by atoms with Crippen LogP contribution in [0.25, 0.3) is 6.08 Å². The van der Waals surface area contributed by atoms with Crippen LogP contribution in [0.4, 0.5) is 13.2 Å². The Hall–Kier alpha value is -2.87. The lowest BCUT2D eigenvalue weighted by Crippen LogP contribution is -2.32. The van der Waals surface area contributed by atoms with Crippen molar-refractivity contribution in [1.82, 2.24) is 15.1 Å². The minimum Gasteiger partial charge on any atom is -0.475 e. The molecule has 1 aromatic heterocycles. The molecular weight excluding hydrogens is 495 g/mol. The first-order valence-electron chi connectivity index (χ1n) is 10.6. The normalized spacial score (nSPS) is 17.7. The van der Waals surface area contributed by atoms with E-state index in [1.165, 1.54) is 16.4 Å². The van der Waals surface area contributed by atoms with Gasteiger partial charge in [-0.05, 0) is 44.5 Å². The standard InChI is InChI=1S/C19H27N3O5S.C2HF3O2/c1-4-26-18(24)11-16(19(25)27-5-2)22-9-7-15(21-22)10-14-12-20-8-6-17(14)28-13(3)23;3-2(4,5)1(6)7/h7,9-10,16-17,20H,4-6,8,11-12H2,1-3H3;(H,6,7). The van der Waals surface area contributed by atoms with E-state index in [4.69, 9.17) is 19.4 Å². The maximum atomic E-state index is 12.3. The van der Waals surface area contributed by atoms with Crippen LogP contribution >= 0.6 is 11.8 Å². The predicted octanol–water partition coefficient (Wildman–Crippen LogP) is 2.60. The van der Waals surface area contributed by atoms with E-state index >= 15 is 0 Å². The summed E-state index contributed by atoms with van der Waals surface area (Å²) in [7, 11) is 0. The topological polar surface area (TPSA) is 137 Å². The Bertz CT molecular complexity index is 918. The molecule has 2 heterocycles. The molecule has 0 bridgehead atoms. The molecule has 0 aliphatic carbocycles. The highest BCUT2D eigenvalue weighted by Crippen LogP contribution is 2.27. The van der Waals surface area contributed by atoms with Crippen molar-refractivity contribution < 1.29 is 46.9 Å². The van der Waals surface area contributed by atoms with Crippen molar-refractivity contribution in [2.75, 3.05) is 26.3 Å². The fourth-order valence-corrected chi connectivity index (χ4v) is 3.88. The molecule has 196 valence electrons. The van der Waals surface area contributed by atoms with Gasteiger partial charge in [-0.2, -0.15) is 18.3 Å². The van der Waals surface area contributed by atoms with E-state index in [2.05, 4.69) is 10.4 Å². The first-order chi connectivity index (χ1) is 16.4. The van der Waals surface area contributed by atoms with Gasteiger partial charge in [-0.3, -0.25) is 14.3 Å². The van der Waals surface area contributed by atoms with Gasteiger partial charge in [-0.1, -0.05) is 11.8 Å². The number of carboxylic acids is 1. The minimum absolute atomic E-state index is 0.0835. The van der Waals surface area contributed by atoms with Crippen LogP contribution in [0.5, 0.6) is 0 Å². The van der Waals surface area contributed by atoms with E-state index in [-0.39, 0.29) is 30.0 Å². The Labute approximate surface area is 204 Å². The van der Waals surface area contributed by atoms with Gasteiger partial charge in [0.25, 0.3) is 0 Å². The highest BCUT2D eigenvalue weighted by Gasteiger charge is 2.38. The van der Waals surface area contributed by atoms with Gasteiger partial charge in [0.2, 0.25) is 0 Å². The second-order valence-electron chi connectivity index (χ2n) is 7.08. The molecule has 1 fully saturated rings. The summed E-state index contributed by atoms with van der Waals surface area (Å²) in [6.07, 6.45) is -0.785. The molecule has 2 atom stereocenters. The van der Waals surface area contributed by atoms with Crippen LogP contribution in [0, 0.1) is 0 Å². The van der Waals surface area contributed by atoms with E-state index < -0.39 is 30.1 Å². The van der Waals surface area contributed by atoms with Crippen LogP contribution in [0.15, 0.2) is 17.8 Å². The highest BCUT2D eigenvalue weighted by atomic mass is 32.2. The van der Waals surface area contributed by atoms with Gasteiger partial charge < -0.3 is 19.9 Å². The maximum absolute atomic E-state index is 12.3. The Morgan fingerprint density at radius 2 is 1.91 bits per heavy atom. The van der Waals surface area contributed by atoms with Crippen molar-refractivity contribution >= 4 is 40.9 Å². The molecule has 1 aliphatic heterocycles. The lowest BCUT2D eigenvalue weighted by atomic mass is 10.0. The molecule has 10 nitrogen and oxygen atoms in total. The number of nitrogens with zero attached hydrogens (tertiary/aromatic N) is 2. The van der Waals surface area contributed by atoms with E-state index in [1.807, 2.05) is 6.08 Å². The number of alkyl halides is 3. The number of halogens is 3. The van der Waals surface area contributed by atoms with Gasteiger partial charge in [-0.15, -0.1) is 0 Å². The second-order valence-corrected chi connectivity index (χ2v) is 8.46. The summed E-state index contributed by atoms with van der Waals surface area (Å²) in [6, 6.07) is 0.895. The molecular formula is C21H28F3N3O7S. The monoisotopic (exact) mass is 523 g/mol. The number of ether oxygens (including phenoxy) is 2. The number of esters is 2. The molecule has 0 spiro atoms. The van der Waals surface area contributed by atoms with Gasteiger partial charge >= 0.3 is 24.1 Å². The zero-order valence-corrected chi connectivity index (χ0v) is 20.3. The highest BCUT2D eigenvalue weighted by molar-refractivity contribution is 8.14. The molecule has 0 radical (unpaired) electrons. The number of piperidine rings is 1. The molecule has 0 saturated carbocycles. The maximum Gasteiger partial charge on any atom is 0.490 e. The van der Waals surface area contributed by atoms with Crippen LogP contribution < -0.4 is 5.32 Å². The molecule has 2 unspecified atom stereocenters. The van der Waals surface area contributed by atoms with E-state index in [9.17, 15) is 27.6 Å². The summed E-state index contributed by atoms with van der Waals surface area (Å²) in [5, 5.41) is 15.1. The number of aromatic nitrogens is 2. The van der Waals surface area contributed by atoms with E-state index in [0.29, 0.717) is 12.2 Å². The zero-order chi connectivity index (χ0) is 26.6. The van der Waals surface area contributed by atoms with Crippen molar-refractivity contribution in [3.05, 3.63) is 23.5 Å². The average molecular weight is 524 g/mol. The third-order valence-corrected chi connectivity index (χ3v) is 5.54. The summed E-state index contributed by atoms with van der Waals surface area (Å²) < 4.78 is 43.2. The lowest BCUT2D eigenvalue weighted by molar-refractivity contribution is -0.192. The number of carboxylic acid groups (broad SMARTS) is 1. The second kappa shape index (κ2) is 14.5. The first kappa shape index (κ1) is 30.2. The Morgan fingerprint density at radius 1 is 1.29 bits per heavy atom. The Balaban J connectivity index is 0.000000762. The van der Waals surface area contributed by atoms with E-state index in [0.717, 1.165) is 18.5 Å². The third-order valence-electron chi connectivity index (χ3n) is 4.38. The smallest absolute Gasteiger partial charge is 0.475 e. The molecule has 0 amide bonds. The Morgan fingerprint density at radius 3 is 2.46 bits per heavy atom.